The number of amides is 1. The number of fused-ring (bicyclic) bond motifs is 5. The van der Waals surface area contributed by atoms with Crippen molar-refractivity contribution in [2.45, 2.75) is 130 Å². The maximum Gasteiger partial charge on any atom is 0.416 e. The highest BCUT2D eigenvalue weighted by molar-refractivity contribution is 5.94. The predicted molar refractivity (Wildman–Crippen MR) is 398 cm³/mol. The summed E-state index contributed by atoms with van der Waals surface area (Å²) in [5, 5.41) is 3.31. The third-order valence-electron chi connectivity index (χ3n) is 24.1. The second-order valence-corrected chi connectivity index (χ2v) is 32.0. The number of ether oxygens (including phenoxy) is 1. The first kappa shape index (κ1) is 84.1. The Bertz CT molecular complexity index is 3590. The van der Waals surface area contributed by atoms with Crippen molar-refractivity contribution in [3.8, 4) is 0 Å². The van der Waals surface area contributed by atoms with Crippen LogP contribution in [0.1, 0.15) is 148 Å². The average molecular weight is 1510 g/mol. The fraction of sp³-hybridized carbons (Fsp3) is 0.523. The van der Waals surface area contributed by atoms with Gasteiger partial charge >= 0.3 is 24.6 Å². The van der Waals surface area contributed by atoms with Crippen LogP contribution >= 0.6 is 0 Å². The quantitative estimate of drug-likeness (QED) is 0.0452. The second kappa shape index (κ2) is 35.0. The smallest absolute Gasteiger partial charge is 0.416 e. The van der Waals surface area contributed by atoms with Crippen LogP contribution in [-0.2, 0) is 47.2 Å². The molecule has 10 aliphatic rings. The Morgan fingerprint density at radius 2 is 0.648 bits per heavy atom. The number of halogens is 9. The molecule has 5 heterocycles. The largest absolute Gasteiger partial charge is 0.444 e. The Labute approximate surface area is 629 Å². The van der Waals surface area contributed by atoms with E-state index in [1.54, 1.807) is 48.2 Å². The van der Waals surface area contributed by atoms with E-state index in [1.807, 2.05) is 72.7 Å². The van der Waals surface area contributed by atoms with E-state index in [-0.39, 0.29) is 58.9 Å². The van der Waals surface area contributed by atoms with Crippen LogP contribution in [0.25, 0.3) is 0 Å². The Hall–Kier alpha value is -7.92. The summed E-state index contributed by atoms with van der Waals surface area (Å²) < 4.78 is 119. The number of carbonyl (C=O) groups is 7. The average Bonchev–Trinajstić information content (AvgIpc) is 1.59. The van der Waals surface area contributed by atoms with Crippen molar-refractivity contribution in [1.82, 2.24) is 24.9 Å². The first-order valence-corrected chi connectivity index (χ1v) is 37.5. The number of allylic oxidation sites excluding steroid dienone is 5. The predicted octanol–water partition coefficient (Wildman–Crippen LogP) is 17.3. The molecule has 1 N–H and O–H groups in total. The lowest BCUT2D eigenvalue weighted by Gasteiger charge is -2.27. The summed E-state index contributed by atoms with van der Waals surface area (Å²) in [6.07, 6.45) is -3.04. The van der Waals surface area contributed by atoms with Crippen LogP contribution in [0.2, 0.25) is 0 Å². The van der Waals surface area contributed by atoms with Crippen molar-refractivity contribution in [3.63, 3.8) is 0 Å². The molecule has 0 aromatic heterocycles. The summed E-state index contributed by atoms with van der Waals surface area (Å²) in [5.74, 6) is 9.19. The van der Waals surface area contributed by atoms with Gasteiger partial charge in [-0.1, -0.05) is 99.1 Å². The van der Waals surface area contributed by atoms with E-state index in [4.69, 9.17) is 4.74 Å². The van der Waals surface area contributed by atoms with Crippen molar-refractivity contribution < 1.29 is 77.8 Å². The topological polar surface area (TPSA) is 154 Å². The van der Waals surface area contributed by atoms with Crippen LogP contribution in [0.5, 0.6) is 0 Å². The third-order valence-corrected chi connectivity index (χ3v) is 24.1. The number of benzene rings is 4. The summed E-state index contributed by atoms with van der Waals surface area (Å²) in [6.45, 7) is 41.9. The number of Topliss-reactive ketones (excluding diaryl/α,β-unsaturated/α-hetero) is 1. The number of hydrogen-bond acceptors (Lipinski definition) is 12. The summed E-state index contributed by atoms with van der Waals surface area (Å²) >= 11 is 0. The zero-order chi connectivity index (χ0) is 79.2. The number of ketones is 6. The van der Waals surface area contributed by atoms with E-state index < -0.39 is 40.8 Å². The van der Waals surface area contributed by atoms with Crippen LogP contribution in [-0.4, -0.2) is 131 Å². The van der Waals surface area contributed by atoms with Crippen LogP contribution in [0.4, 0.5) is 44.3 Å². The minimum Gasteiger partial charge on any atom is -0.444 e. The van der Waals surface area contributed by atoms with Gasteiger partial charge in [0.1, 0.15) is 5.60 Å². The molecular weight excluding hydrogens is 1400 g/mol. The Kier molecular flexibility index (Phi) is 27.2. The van der Waals surface area contributed by atoms with Gasteiger partial charge in [-0.25, -0.2) is 4.79 Å². The molecule has 584 valence electrons. The number of piperidine rings is 5. The SMILES string of the molecule is C=CC(=O)CC1[C@H]2CN(C(=O)OC(C)(C)C)C[C@@H]12.C=CC(=O)CC1[C@H]2CN(C(C)c3ccc(C(F)(F)F)cc3)C[C@@H]12.C=CC(=O)CC1[C@H]2CN([C@@H](C)c3ccc(C(F)(F)F)cc3)C[C@@H]12.C=CC(=O)CC1[C@H]2CN([C@H](C)c3ccc(C(F)(F)F)cc3)C[C@@H]12.C=CC(=O)CC1[C@H]2CNC[C@@H]12.CC(=O)c1ccc(C)cc1. The van der Waals surface area contributed by atoms with Gasteiger partial charge in [0.05, 0.1) is 16.7 Å². The third kappa shape index (κ3) is 22.0. The van der Waals surface area contributed by atoms with Gasteiger partial charge in [0, 0.05) is 108 Å². The molecule has 5 aliphatic carbocycles. The summed E-state index contributed by atoms with van der Waals surface area (Å²) in [7, 11) is 0. The van der Waals surface area contributed by atoms with E-state index >= 15 is 0 Å². The maximum atomic E-state index is 12.6. The summed E-state index contributed by atoms with van der Waals surface area (Å²) in [6, 6.07) is 24.1. The number of hydrogen-bond donors (Lipinski definition) is 1. The Morgan fingerprint density at radius 1 is 0.407 bits per heavy atom. The van der Waals surface area contributed by atoms with Gasteiger partial charge in [0.15, 0.2) is 34.7 Å². The molecule has 22 heteroatoms. The fourth-order valence-electron chi connectivity index (χ4n) is 17.0. The molecule has 0 bridgehead atoms. The normalized spacial score (nSPS) is 27.9. The number of nitrogens with zero attached hydrogens (tertiary/aromatic N) is 4. The molecule has 0 radical (unpaired) electrons. The van der Waals surface area contributed by atoms with Crippen molar-refractivity contribution in [2.75, 3.05) is 65.4 Å². The molecule has 4 aromatic carbocycles. The van der Waals surface area contributed by atoms with Gasteiger partial charge in [-0.15, -0.1) is 0 Å². The maximum absolute atomic E-state index is 12.6. The fourth-order valence-corrected chi connectivity index (χ4v) is 17.0. The first-order valence-electron chi connectivity index (χ1n) is 37.5. The van der Waals surface area contributed by atoms with Gasteiger partial charge in [-0.2, -0.15) is 39.5 Å². The van der Waals surface area contributed by atoms with E-state index in [2.05, 4.69) is 52.9 Å². The first-order chi connectivity index (χ1) is 50.8. The lowest BCUT2D eigenvalue weighted by atomic mass is 10.0. The highest BCUT2D eigenvalue weighted by Crippen LogP contribution is 2.58. The molecule has 5 saturated heterocycles. The van der Waals surface area contributed by atoms with Gasteiger partial charge in [0.2, 0.25) is 0 Å². The van der Waals surface area contributed by atoms with Crippen LogP contribution in [0, 0.1) is 95.7 Å². The zero-order valence-corrected chi connectivity index (χ0v) is 63.1. The van der Waals surface area contributed by atoms with Gasteiger partial charge < -0.3 is 15.0 Å². The number of likely N-dealkylation sites (tertiary alicyclic amines) is 4. The lowest BCUT2D eigenvalue weighted by Crippen LogP contribution is -2.37. The highest BCUT2D eigenvalue weighted by atomic mass is 19.4. The van der Waals surface area contributed by atoms with Crippen molar-refractivity contribution in [3.05, 3.63) is 205 Å². The van der Waals surface area contributed by atoms with Gasteiger partial charge in [-0.05, 0) is 241 Å². The number of carbonyl (C=O) groups excluding carboxylic acids is 7. The molecule has 5 saturated carbocycles. The Morgan fingerprint density at radius 3 is 0.870 bits per heavy atom. The molecule has 4 aromatic rings. The second-order valence-electron chi connectivity index (χ2n) is 32.0. The number of nitrogens with one attached hydrogen (secondary N) is 1. The van der Waals surface area contributed by atoms with Crippen LogP contribution in [0.15, 0.2) is 160 Å². The summed E-state index contributed by atoms with van der Waals surface area (Å²) in [4.78, 5) is 87.7. The number of rotatable bonds is 22. The molecule has 6 unspecified atom stereocenters. The molecule has 108 heavy (non-hydrogen) atoms. The zero-order valence-electron chi connectivity index (χ0n) is 63.1. The van der Waals surface area contributed by atoms with Gasteiger partial charge in [0.25, 0.3) is 0 Å². The molecule has 0 spiro atoms. The molecule has 5 aliphatic heterocycles. The lowest BCUT2D eigenvalue weighted by molar-refractivity contribution is -0.138. The molecule has 13 nitrogen and oxygen atoms in total. The highest BCUT2D eigenvalue weighted by Gasteiger charge is 2.60. The monoisotopic (exact) mass is 1510 g/mol. The standard InChI is InChI=1S/3C18H20F3NO.C14H21NO3.C9H13NO.C9H10O/c3*1-3-14(23)8-15-16-9-22(10-17(15)16)11(2)12-4-6-13(7-5-12)18(19,20)21;1-5-9(16)6-10-11-7-15(8-12(10)11)13(17)18-14(2,3)4;1-2-6(11)3-7-8-4-10-5-9(7)8;1-7-3-5-9(6-4-7)8(2)10/h3*3-7,11,15-17H,1,8-10H2,2H3;5,10-12H,1,6-8H2,2-4H3;2,7-10H,1,3-5H2;3-6H,1-2H3/t11?,15?,16-,17+;2*11-,15?,16-,17+;10?,11-,12+;7?,8-,9+;/m.10.../s1. The molecule has 18 atom stereocenters. The van der Waals surface area contributed by atoms with Crippen LogP contribution in [0.3, 0.4) is 0 Å². The van der Waals surface area contributed by atoms with Gasteiger partial charge in [-0.3, -0.25) is 43.5 Å². The number of alkyl halides is 9. The van der Waals surface area contributed by atoms with E-state index in [1.165, 1.54) is 35.9 Å². The van der Waals surface area contributed by atoms with E-state index in [0.717, 1.165) is 142 Å². The van der Waals surface area contributed by atoms with Crippen LogP contribution < -0.4 is 5.32 Å². The molecule has 10 fully saturated rings. The van der Waals surface area contributed by atoms with Crippen molar-refractivity contribution in [1.29, 1.82) is 0 Å². The summed E-state index contributed by atoms with van der Waals surface area (Å²) in [5.41, 5.74) is 2.40. The number of aryl methyl sites for hydroxylation is 1. The molecule has 14 rings (SSSR count). The molecular formula is C86H104F9N5O8. The Balaban J connectivity index is 0.000000153. The minimum absolute atomic E-state index is 0.0980. The van der Waals surface area contributed by atoms with Crippen molar-refractivity contribution in [2.24, 2.45) is 88.8 Å². The van der Waals surface area contributed by atoms with E-state index in [0.29, 0.717) is 103 Å². The molecule has 1 amide bonds. The van der Waals surface area contributed by atoms with E-state index in [9.17, 15) is 73.1 Å². The minimum atomic E-state index is -4.29. The van der Waals surface area contributed by atoms with Crippen molar-refractivity contribution >= 4 is 40.8 Å².